The van der Waals surface area contributed by atoms with E-state index in [-0.39, 0.29) is 5.95 Å². The fraction of sp³-hybridized carbons (Fsp3) is 0.0588. The molecule has 9 heteroatoms. The number of hydrogen-bond donors (Lipinski definition) is 3. The first-order valence-corrected chi connectivity index (χ1v) is 7.50. The molecule has 26 heavy (non-hydrogen) atoms. The molecule has 3 rings (SSSR count). The van der Waals surface area contributed by atoms with Gasteiger partial charge >= 0.3 is 0 Å². The summed E-state index contributed by atoms with van der Waals surface area (Å²) in [6.45, 7) is 0. The van der Waals surface area contributed by atoms with Crippen LogP contribution in [-0.2, 0) is 0 Å². The van der Waals surface area contributed by atoms with Crippen molar-refractivity contribution < 1.29 is 4.74 Å². The number of hydrogen-bond acceptors (Lipinski definition) is 9. The van der Waals surface area contributed by atoms with Crippen molar-refractivity contribution in [3.8, 4) is 11.9 Å². The molecule has 2 aromatic heterocycles. The first-order valence-electron chi connectivity index (χ1n) is 7.50. The van der Waals surface area contributed by atoms with E-state index in [9.17, 15) is 0 Å². The number of methoxy groups -OCH3 is 1. The summed E-state index contributed by atoms with van der Waals surface area (Å²) in [6, 6.07) is 10.5. The first-order chi connectivity index (χ1) is 12.7. The molecular weight excluding hydrogens is 332 g/mol. The number of benzene rings is 1. The maximum absolute atomic E-state index is 9.05. The lowest BCUT2D eigenvalue weighted by atomic mass is 10.1. The standard InChI is InChI=1S/C17H14N8O/c1-26-15-13(3-2-6-20-15)23-16-21-10-22-17(25-16)24-14-7-11(8-18)4-5-12(14)9-19/h2-7,9-10,19H,1H3,(H2,21,22,23,24,25). The minimum absolute atomic E-state index is 0.267. The normalized spacial score (nSPS) is 9.85. The molecule has 0 atom stereocenters. The molecule has 0 spiro atoms. The fourth-order valence-corrected chi connectivity index (χ4v) is 2.17. The quantitative estimate of drug-likeness (QED) is 0.580. The van der Waals surface area contributed by atoms with Gasteiger partial charge in [0.15, 0.2) is 0 Å². The van der Waals surface area contributed by atoms with Gasteiger partial charge in [-0.2, -0.15) is 10.2 Å². The number of anilines is 4. The van der Waals surface area contributed by atoms with E-state index in [1.165, 1.54) is 19.7 Å². The summed E-state index contributed by atoms with van der Waals surface area (Å²) in [5.41, 5.74) is 2.23. The molecule has 0 radical (unpaired) electrons. The molecule has 0 saturated carbocycles. The summed E-state index contributed by atoms with van der Waals surface area (Å²) in [5.74, 6) is 0.973. The van der Waals surface area contributed by atoms with Crippen LogP contribution in [0.1, 0.15) is 11.1 Å². The Morgan fingerprint density at radius 3 is 2.58 bits per heavy atom. The van der Waals surface area contributed by atoms with Crippen molar-refractivity contribution in [3.63, 3.8) is 0 Å². The van der Waals surface area contributed by atoms with Gasteiger partial charge in [0.1, 0.15) is 12.0 Å². The Morgan fingerprint density at radius 2 is 1.88 bits per heavy atom. The maximum Gasteiger partial charge on any atom is 0.237 e. The number of rotatable bonds is 6. The Kier molecular flexibility index (Phi) is 4.95. The lowest BCUT2D eigenvalue weighted by Gasteiger charge is -2.11. The van der Waals surface area contributed by atoms with Gasteiger partial charge in [-0.05, 0) is 24.3 Å². The van der Waals surface area contributed by atoms with Gasteiger partial charge in [0.25, 0.3) is 0 Å². The number of ether oxygens (including phenoxy) is 1. The van der Waals surface area contributed by atoms with E-state index in [4.69, 9.17) is 15.4 Å². The van der Waals surface area contributed by atoms with Crippen molar-refractivity contribution in [2.75, 3.05) is 17.7 Å². The lowest BCUT2D eigenvalue weighted by Crippen LogP contribution is -2.05. The second-order valence-electron chi connectivity index (χ2n) is 5.00. The van der Waals surface area contributed by atoms with Crippen LogP contribution < -0.4 is 15.4 Å². The van der Waals surface area contributed by atoms with Crippen LogP contribution in [0.4, 0.5) is 23.3 Å². The molecule has 128 valence electrons. The van der Waals surface area contributed by atoms with E-state index in [1.54, 1.807) is 36.5 Å². The zero-order valence-electron chi connectivity index (χ0n) is 13.8. The van der Waals surface area contributed by atoms with Crippen LogP contribution in [-0.4, -0.2) is 33.3 Å². The smallest absolute Gasteiger partial charge is 0.237 e. The van der Waals surface area contributed by atoms with Crippen molar-refractivity contribution in [3.05, 3.63) is 54.0 Å². The third-order valence-electron chi connectivity index (χ3n) is 3.37. The third kappa shape index (κ3) is 3.70. The van der Waals surface area contributed by atoms with E-state index >= 15 is 0 Å². The highest BCUT2D eigenvalue weighted by Crippen LogP contribution is 2.24. The number of nitrogens with zero attached hydrogens (tertiary/aromatic N) is 5. The van der Waals surface area contributed by atoms with E-state index in [0.717, 1.165) is 0 Å². The number of nitriles is 1. The van der Waals surface area contributed by atoms with Gasteiger partial charge in [0, 0.05) is 18.0 Å². The molecule has 0 fully saturated rings. The van der Waals surface area contributed by atoms with Gasteiger partial charge < -0.3 is 20.8 Å². The summed E-state index contributed by atoms with van der Waals surface area (Å²) < 4.78 is 5.18. The van der Waals surface area contributed by atoms with Crippen LogP contribution in [0.25, 0.3) is 0 Å². The Labute approximate surface area is 149 Å². The summed E-state index contributed by atoms with van der Waals surface area (Å²) in [4.78, 5) is 16.5. The van der Waals surface area contributed by atoms with E-state index in [2.05, 4.69) is 36.6 Å². The molecule has 3 N–H and O–H groups in total. The SMILES string of the molecule is COc1ncccc1Nc1ncnc(Nc2cc(C#N)ccc2C=N)n1. The number of aromatic nitrogens is 4. The molecule has 0 saturated heterocycles. The van der Waals surface area contributed by atoms with Crippen LogP contribution in [0, 0.1) is 16.7 Å². The average molecular weight is 346 g/mol. The van der Waals surface area contributed by atoms with Crippen LogP contribution in [0.5, 0.6) is 5.88 Å². The second kappa shape index (κ2) is 7.67. The number of nitrogens with one attached hydrogen (secondary N) is 3. The molecule has 9 nitrogen and oxygen atoms in total. The highest BCUT2D eigenvalue weighted by molar-refractivity contribution is 5.87. The maximum atomic E-state index is 9.05. The fourth-order valence-electron chi connectivity index (χ4n) is 2.17. The molecule has 0 aliphatic carbocycles. The zero-order valence-corrected chi connectivity index (χ0v) is 13.8. The molecule has 3 aromatic rings. The summed E-state index contributed by atoms with van der Waals surface area (Å²) in [7, 11) is 1.52. The highest BCUT2D eigenvalue weighted by atomic mass is 16.5. The van der Waals surface area contributed by atoms with Crippen LogP contribution in [0.15, 0.2) is 42.9 Å². The van der Waals surface area contributed by atoms with Gasteiger partial charge in [-0.25, -0.2) is 15.0 Å². The van der Waals surface area contributed by atoms with Gasteiger partial charge in [-0.15, -0.1) is 0 Å². The summed E-state index contributed by atoms with van der Waals surface area (Å²) >= 11 is 0. The van der Waals surface area contributed by atoms with Crippen molar-refractivity contribution in [1.82, 2.24) is 19.9 Å². The molecule has 0 aliphatic heterocycles. The Balaban J connectivity index is 1.86. The summed E-state index contributed by atoms with van der Waals surface area (Å²) in [5, 5.41) is 22.5. The van der Waals surface area contributed by atoms with Crippen LogP contribution in [0.3, 0.4) is 0 Å². The van der Waals surface area contributed by atoms with E-state index in [0.29, 0.717) is 34.3 Å². The predicted octanol–water partition coefficient (Wildman–Crippen LogP) is 2.63. The van der Waals surface area contributed by atoms with Gasteiger partial charge in [0.05, 0.1) is 24.4 Å². The van der Waals surface area contributed by atoms with Gasteiger partial charge in [-0.1, -0.05) is 6.07 Å². The second-order valence-corrected chi connectivity index (χ2v) is 5.00. The van der Waals surface area contributed by atoms with Gasteiger partial charge in [-0.3, -0.25) is 0 Å². The topological polar surface area (TPSA) is 132 Å². The minimum atomic E-state index is 0.267. The van der Waals surface area contributed by atoms with Gasteiger partial charge in [0.2, 0.25) is 17.8 Å². The van der Waals surface area contributed by atoms with Crippen molar-refractivity contribution >= 4 is 29.5 Å². The molecule has 0 aliphatic rings. The highest BCUT2D eigenvalue weighted by Gasteiger charge is 2.08. The van der Waals surface area contributed by atoms with Crippen molar-refractivity contribution in [1.29, 1.82) is 10.7 Å². The first kappa shape index (κ1) is 16.8. The third-order valence-corrected chi connectivity index (χ3v) is 3.37. The molecule has 0 amide bonds. The zero-order chi connectivity index (χ0) is 18.4. The predicted molar refractivity (Wildman–Crippen MR) is 96.2 cm³/mol. The molecule has 0 unspecified atom stereocenters. The molecular formula is C17H14N8O. The average Bonchev–Trinajstić information content (AvgIpc) is 2.68. The number of pyridine rings is 1. The Bertz CT molecular complexity index is 982. The monoisotopic (exact) mass is 346 g/mol. The van der Waals surface area contributed by atoms with Crippen LogP contribution in [0.2, 0.25) is 0 Å². The molecule has 2 heterocycles. The van der Waals surface area contributed by atoms with Crippen molar-refractivity contribution in [2.45, 2.75) is 0 Å². The lowest BCUT2D eigenvalue weighted by molar-refractivity contribution is 0.400. The molecule has 0 bridgehead atoms. The van der Waals surface area contributed by atoms with Crippen molar-refractivity contribution in [2.24, 2.45) is 0 Å². The summed E-state index contributed by atoms with van der Waals surface area (Å²) in [6.07, 6.45) is 4.15. The van der Waals surface area contributed by atoms with Crippen LogP contribution >= 0.6 is 0 Å². The Hall–Kier alpha value is -4.06. The Morgan fingerprint density at radius 1 is 1.12 bits per heavy atom. The molecule has 1 aromatic carbocycles. The largest absolute Gasteiger partial charge is 0.480 e. The van der Waals surface area contributed by atoms with E-state index in [1.807, 2.05) is 0 Å². The minimum Gasteiger partial charge on any atom is -0.480 e. The van der Waals surface area contributed by atoms with E-state index < -0.39 is 0 Å².